The van der Waals surface area contributed by atoms with Crippen LogP contribution in [0.2, 0.25) is 0 Å². The van der Waals surface area contributed by atoms with E-state index in [1.807, 2.05) is 30.3 Å². The van der Waals surface area contributed by atoms with E-state index in [4.69, 9.17) is 4.74 Å². The molecular weight excluding hydrogens is 314 g/mol. The van der Waals surface area contributed by atoms with Gasteiger partial charge in [0, 0.05) is 28.4 Å². The van der Waals surface area contributed by atoms with Crippen LogP contribution in [0.5, 0.6) is 11.5 Å². The van der Waals surface area contributed by atoms with Crippen LogP contribution >= 0.6 is 0 Å². The summed E-state index contributed by atoms with van der Waals surface area (Å²) in [6, 6.07) is 20.8. The van der Waals surface area contributed by atoms with Gasteiger partial charge < -0.3 is 14.4 Å². The van der Waals surface area contributed by atoms with E-state index in [0.717, 1.165) is 22.8 Å². The van der Waals surface area contributed by atoms with Crippen LogP contribution in [0.1, 0.15) is 17.3 Å². The number of fused-ring (bicyclic) bond motifs is 3. The van der Waals surface area contributed by atoms with Crippen molar-refractivity contribution >= 4 is 27.8 Å². The number of carbonyl (C=O) groups is 1. The first-order valence-electron chi connectivity index (χ1n) is 8.20. The standard InChI is InChI=1S/C21H17NO3/c1-2-22-18-9-5-3-7-15(18)17-13-14(11-12-19(17)22)25-20-10-6-4-8-16(20)21(23)24/h3-13H,2H2,1H3,(H,23,24). The van der Waals surface area contributed by atoms with Gasteiger partial charge in [-0.2, -0.15) is 0 Å². The summed E-state index contributed by atoms with van der Waals surface area (Å²) in [5, 5.41) is 11.6. The third-order valence-electron chi connectivity index (χ3n) is 4.41. The Hall–Kier alpha value is -3.27. The van der Waals surface area contributed by atoms with Crippen LogP contribution in [0.15, 0.2) is 66.7 Å². The van der Waals surface area contributed by atoms with Gasteiger partial charge in [0.25, 0.3) is 0 Å². The van der Waals surface area contributed by atoms with E-state index >= 15 is 0 Å². The molecule has 0 fully saturated rings. The first-order valence-corrected chi connectivity index (χ1v) is 8.20. The highest BCUT2D eigenvalue weighted by Gasteiger charge is 2.13. The number of aromatic carboxylic acids is 1. The van der Waals surface area contributed by atoms with Gasteiger partial charge in [-0.3, -0.25) is 0 Å². The first kappa shape index (κ1) is 15.3. The smallest absolute Gasteiger partial charge is 0.339 e. The van der Waals surface area contributed by atoms with E-state index < -0.39 is 5.97 Å². The van der Waals surface area contributed by atoms with Crippen molar-refractivity contribution in [3.05, 3.63) is 72.3 Å². The molecule has 4 aromatic rings. The summed E-state index contributed by atoms with van der Waals surface area (Å²) in [7, 11) is 0. The van der Waals surface area contributed by atoms with Crippen molar-refractivity contribution in [2.75, 3.05) is 0 Å². The zero-order chi connectivity index (χ0) is 17.4. The lowest BCUT2D eigenvalue weighted by Crippen LogP contribution is -1.99. The van der Waals surface area contributed by atoms with Gasteiger partial charge in [-0.1, -0.05) is 30.3 Å². The van der Waals surface area contributed by atoms with E-state index in [1.165, 1.54) is 5.52 Å². The summed E-state index contributed by atoms with van der Waals surface area (Å²) in [5.41, 5.74) is 2.48. The number of nitrogens with zero attached hydrogens (tertiary/aromatic N) is 1. The molecule has 4 heteroatoms. The Bertz CT molecular complexity index is 1090. The van der Waals surface area contributed by atoms with Crippen molar-refractivity contribution in [1.82, 2.24) is 4.57 Å². The molecule has 0 radical (unpaired) electrons. The second-order valence-electron chi connectivity index (χ2n) is 5.84. The molecule has 4 nitrogen and oxygen atoms in total. The Morgan fingerprint density at radius 2 is 1.68 bits per heavy atom. The Morgan fingerprint density at radius 1 is 0.960 bits per heavy atom. The molecule has 25 heavy (non-hydrogen) atoms. The molecule has 3 aromatic carbocycles. The number of aromatic nitrogens is 1. The van der Waals surface area contributed by atoms with Gasteiger partial charge >= 0.3 is 5.97 Å². The number of carboxylic acids is 1. The number of rotatable bonds is 4. The Kier molecular flexibility index (Phi) is 3.65. The van der Waals surface area contributed by atoms with Gasteiger partial charge in [0.2, 0.25) is 0 Å². The Labute approximate surface area is 144 Å². The summed E-state index contributed by atoms with van der Waals surface area (Å²) in [6.45, 7) is 3.01. The molecule has 0 bridgehead atoms. The fourth-order valence-corrected chi connectivity index (χ4v) is 3.30. The van der Waals surface area contributed by atoms with E-state index in [-0.39, 0.29) is 5.56 Å². The maximum absolute atomic E-state index is 11.4. The van der Waals surface area contributed by atoms with Crippen LogP contribution in [-0.2, 0) is 6.54 Å². The topological polar surface area (TPSA) is 51.5 Å². The second-order valence-corrected chi connectivity index (χ2v) is 5.84. The maximum Gasteiger partial charge on any atom is 0.339 e. The molecule has 1 N–H and O–H groups in total. The zero-order valence-electron chi connectivity index (χ0n) is 13.8. The minimum atomic E-state index is -1.00. The van der Waals surface area contributed by atoms with Crippen molar-refractivity contribution in [2.45, 2.75) is 13.5 Å². The number of carboxylic acid groups (broad SMARTS) is 1. The number of para-hydroxylation sites is 2. The highest BCUT2D eigenvalue weighted by molar-refractivity contribution is 6.08. The number of ether oxygens (including phenoxy) is 1. The molecular formula is C21H17NO3. The molecule has 124 valence electrons. The summed E-state index contributed by atoms with van der Waals surface area (Å²) >= 11 is 0. The van der Waals surface area contributed by atoms with E-state index in [9.17, 15) is 9.90 Å². The second kappa shape index (κ2) is 5.98. The third kappa shape index (κ3) is 2.52. The van der Waals surface area contributed by atoms with E-state index in [0.29, 0.717) is 11.5 Å². The predicted octanol–water partition coefficient (Wildman–Crippen LogP) is 5.30. The molecule has 0 aliphatic heterocycles. The minimum Gasteiger partial charge on any atom is -0.478 e. The Morgan fingerprint density at radius 3 is 2.48 bits per heavy atom. The molecule has 0 unspecified atom stereocenters. The lowest BCUT2D eigenvalue weighted by molar-refractivity contribution is 0.0694. The fourth-order valence-electron chi connectivity index (χ4n) is 3.30. The largest absolute Gasteiger partial charge is 0.478 e. The average Bonchev–Trinajstić information content (AvgIpc) is 2.95. The van der Waals surface area contributed by atoms with Crippen molar-refractivity contribution < 1.29 is 14.6 Å². The quantitative estimate of drug-likeness (QED) is 0.552. The predicted molar refractivity (Wildman–Crippen MR) is 98.6 cm³/mol. The molecule has 4 rings (SSSR count). The summed E-state index contributed by atoms with van der Waals surface area (Å²) in [4.78, 5) is 11.4. The highest BCUT2D eigenvalue weighted by Crippen LogP contribution is 2.33. The van der Waals surface area contributed by atoms with Crippen LogP contribution in [0, 0.1) is 0 Å². The normalized spacial score (nSPS) is 11.1. The highest BCUT2D eigenvalue weighted by atomic mass is 16.5. The van der Waals surface area contributed by atoms with Gasteiger partial charge in [0.05, 0.1) is 0 Å². The van der Waals surface area contributed by atoms with Gasteiger partial charge in [-0.15, -0.1) is 0 Å². The van der Waals surface area contributed by atoms with Crippen LogP contribution in [-0.4, -0.2) is 15.6 Å². The number of benzene rings is 3. The van der Waals surface area contributed by atoms with Gasteiger partial charge in [0.15, 0.2) is 0 Å². The molecule has 0 amide bonds. The van der Waals surface area contributed by atoms with Crippen LogP contribution in [0.4, 0.5) is 0 Å². The molecule has 1 heterocycles. The zero-order valence-corrected chi connectivity index (χ0v) is 13.8. The Balaban J connectivity index is 1.85. The molecule has 0 saturated carbocycles. The first-order chi connectivity index (χ1) is 12.2. The van der Waals surface area contributed by atoms with Gasteiger partial charge in [-0.25, -0.2) is 4.79 Å². The average molecular weight is 331 g/mol. The SMILES string of the molecule is CCn1c2ccccc2c2cc(Oc3ccccc3C(=O)O)ccc21. The lowest BCUT2D eigenvalue weighted by Gasteiger charge is -2.09. The maximum atomic E-state index is 11.4. The van der Waals surface area contributed by atoms with E-state index in [2.05, 4.69) is 23.6 Å². The fraction of sp³-hybridized carbons (Fsp3) is 0.0952. The molecule has 1 aromatic heterocycles. The number of aryl methyl sites for hydroxylation is 1. The van der Waals surface area contributed by atoms with Crippen molar-refractivity contribution in [1.29, 1.82) is 0 Å². The van der Waals surface area contributed by atoms with Crippen LogP contribution in [0.25, 0.3) is 21.8 Å². The van der Waals surface area contributed by atoms with Crippen molar-refractivity contribution in [3.8, 4) is 11.5 Å². The summed E-state index contributed by atoms with van der Waals surface area (Å²) in [6.07, 6.45) is 0. The van der Waals surface area contributed by atoms with Gasteiger partial charge in [0.1, 0.15) is 17.1 Å². The lowest BCUT2D eigenvalue weighted by atomic mass is 10.1. The van der Waals surface area contributed by atoms with E-state index in [1.54, 1.807) is 24.3 Å². The molecule has 0 atom stereocenters. The summed E-state index contributed by atoms with van der Waals surface area (Å²) in [5.74, 6) is -0.0342. The monoisotopic (exact) mass is 331 g/mol. The molecule has 0 aliphatic carbocycles. The molecule has 0 aliphatic rings. The summed E-state index contributed by atoms with van der Waals surface area (Å²) < 4.78 is 8.14. The minimum absolute atomic E-state index is 0.151. The van der Waals surface area contributed by atoms with Crippen molar-refractivity contribution in [3.63, 3.8) is 0 Å². The third-order valence-corrected chi connectivity index (χ3v) is 4.41. The van der Waals surface area contributed by atoms with Crippen LogP contribution < -0.4 is 4.74 Å². The van der Waals surface area contributed by atoms with Crippen molar-refractivity contribution in [2.24, 2.45) is 0 Å². The van der Waals surface area contributed by atoms with Gasteiger partial charge in [-0.05, 0) is 43.3 Å². The molecule has 0 saturated heterocycles. The number of hydrogen-bond acceptors (Lipinski definition) is 2. The molecule has 0 spiro atoms. The van der Waals surface area contributed by atoms with Crippen LogP contribution in [0.3, 0.4) is 0 Å². The number of hydrogen-bond donors (Lipinski definition) is 1.